The molecule has 0 aliphatic carbocycles. The fraction of sp³-hybridized carbons (Fsp3) is 0.560. The van der Waals surface area contributed by atoms with Gasteiger partial charge in [-0.15, -0.1) is 0 Å². The Morgan fingerprint density at radius 2 is 1.48 bits per heavy atom. The number of anilines is 2. The lowest BCUT2D eigenvalue weighted by Crippen LogP contribution is -2.49. The van der Waals surface area contributed by atoms with E-state index in [9.17, 15) is 4.79 Å². The molecule has 0 bridgehead atoms. The van der Waals surface area contributed by atoms with Gasteiger partial charge in [-0.05, 0) is 37.7 Å². The molecule has 2 fully saturated rings. The Balaban J connectivity index is 1.29. The number of nitrogens with zero attached hydrogens (tertiary/aromatic N) is 6. The van der Waals surface area contributed by atoms with Gasteiger partial charge in [0.2, 0.25) is 0 Å². The van der Waals surface area contributed by atoms with E-state index < -0.39 is 0 Å². The van der Waals surface area contributed by atoms with Gasteiger partial charge >= 0.3 is 0 Å². The van der Waals surface area contributed by atoms with Gasteiger partial charge in [-0.1, -0.05) is 19.8 Å². The lowest BCUT2D eigenvalue weighted by Gasteiger charge is -2.36. The molecule has 3 heterocycles. The summed E-state index contributed by atoms with van der Waals surface area (Å²) in [6, 6.07) is 9.63. The van der Waals surface area contributed by atoms with E-state index in [1.165, 1.54) is 12.8 Å². The van der Waals surface area contributed by atoms with Crippen molar-refractivity contribution in [1.29, 1.82) is 0 Å². The van der Waals surface area contributed by atoms with Crippen molar-refractivity contribution >= 4 is 17.5 Å². The Bertz CT molecular complexity index is 890. The maximum Gasteiger partial charge on any atom is 0.253 e. The molecule has 2 saturated heterocycles. The second kappa shape index (κ2) is 11.3. The van der Waals surface area contributed by atoms with Gasteiger partial charge in [0, 0.05) is 64.0 Å². The molecular formula is C25H36N6O2. The first-order chi connectivity index (χ1) is 16.1. The first-order valence-electron chi connectivity index (χ1n) is 12.2. The standard InChI is InChI=1S/C25H36N6O2/c1-3-4-5-18-33-22-8-6-21(7-9-22)25(32)31-16-14-30(15-17-31)24-19-23(26-20-27-24)29-12-10-28(2)11-13-29/h6-9,19-20H,3-5,10-18H2,1-2H3. The van der Waals surface area contributed by atoms with Crippen molar-refractivity contribution < 1.29 is 9.53 Å². The van der Waals surface area contributed by atoms with Crippen LogP contribution in [0.15, 0.2) is 36.7 Å². The number of hydrogen-bond acceptors (Lipinski definition) is 7. The predicted octanol–water partition coefficient (Wildman–Crippen LogP) is 2.76. The summed E-state index contributed by atoms with van der Waals surface area (Å²) in [5.41, 5.74) is 0.712. The van der Waals surface area contributed by atoms with Crippen LogP contribution in [0.3, 0.4) is 0 Å². The molecule has 2 aromatic rings. The molecule has 2 aliphatic rings. The summed E-state index contributed by atoms with van der Waals surface area (Å²) >= 11 is 0. The molecule has 1 aromatic heterocycles. The molecule has 0 spiro atoms. The van der Waals surface area contributed by atoms with Crippen molar-refractivity contribution in [2.45, 2.75) is 26.2 Å². The summed E-state index contributed by atoms with van der Waals surface area (Å²) in [6.45, 7) is 9.87. The van der Waals surface area contributed by atoms with Gasteiger partial charge in [-0.2, -0.15) is 0 Å². The summed E-state index contributed by atoms with van der Waals surface area (Å²) in [4.78, 5) is 30.8. The number of carbonyl (C=O) groups excluding carboxylic acids is 1. The molecule has 0 atom stereocenters. The minimum Gasteiger partial charge on any atom is -0.494 e. The van der Waals surface area contributed by atoms with Crippen LogP contribution >= 0.6 is 0 Å². The number of aromatic nitrogens is 2. The third-order valence-electron chi connectivity index (χ3n) is 6.47. The molecule has 178 valence electrons. The Morgan fingerprint density at radius 3 is 2.09 bits per heavy atom. The number of unbranched alkanes of at least 4 members (excludes halogenated alkanes) is 2. The number of ether oxygens (including phenoxy) is 1. The van der Waals surface area contributed by atoms with Crippen molar-refractivity contribution in [2.75, 3.05) is 75.8 Å². The van der Waals surface area contributed by atoms with Crippen LogP contribution in [0.25, 0.3) is 0 Å². The van der Waals surface area contributed by atoms with Crippen LogP contribution in [-0.2, 0) is 0 Å². The molecule has 8 heteroatoms. The zero-order valence-electron chi connectivity index (χ0n) is 19.9. The summed E-state index contributed by atoms with van der Waals surface area (Å²) in [6.07, 6.45) is 5.07. The summed E-state index contributed by atoms with van der Waals surface area (Å²) in [5, 5.41) is 0. The molecule has 33 heavy (non-hydrogen) atoms. The Hall–Kier alpha value is -2.87. The fourth-order valence-corrected chi connectivity index (χ4v) is 4.28. The molecule has 2 aliphatic heterocycles. The zero-order chi connectivity index (χ0) is 23.0. The number of piperazine rings is 2. The number of benzene rings is 1. The fourth-order valence-electron chi connectivity index (χ4n) is 4.28. The van der Waals surface area contributed by atoms with E-state index in [1.54, 1.807) is 6.33 Å². The lowest BCUT2D eigenvalue weighted by atomic mass is 10.1. The highest BCUT2D eigenvalue weighted by molar-refractivity contribution is 5.94. The quantitative estimate of drug-likeness (QED) is 0.571. The van der Waals surface area contributed by atoms with Gasteiger partial charge in [-0.25, -0.2) is 9.97 Å². The summed E-state index contributed by atoms with van der Waals surface area (Å²) in [7, 11) is 2.15. The SMILES string of the molecule is CCCCCOc1ccc(C(=O)N2CCN(c3cc(N4CCN(C)CC4)ncn3)CC2)cc1. The van der Waals surface area contributed by atoms with E-state index >= 15 is 0 Å². The number of rotatable bonds is 8. The number of carbonyl (C=O) groups is 1. The number of hydrogen-bond donors (Lipinski definition) is 0. The van der Waals surface area contributed by atoms with Crippen LogP contribution < -0.4 is 14.5 Å². The second-order valence-electron chi connectivity index (χ2n) is 8.88. The van der Waals surface area contributed by atoms with Gasteiger partial charge < -0.3 is 24.3 Å². The average molecular weight is 453 g/mol. The van der Waals surface area contributed by atoms with Crippen LogP contribution in [0, 0.1) is 0 Å². The smallest absolute Gasteiger partial charge is 0.253 e. The van der Waals surface area contributed by atoms with Crippen LogP contribution in [0.4, 0.5) is 11.6 Å². The van der Waals surface area contributed by atoms with Crippen molar-refractivity contribution in [2.24, 2.45) is 0 Å². The normalized spacial score (nSPS) is 17.3. The number of likely N-dealkylation sites (N-methyl/N-ethyl adjacent to an activating group) is 1. The minimum atomic E-state index is 0.0768. The van der Waals surface area contributed by atoms with Crippen LogP contribution in [0.1, 0.15) is 36.5 Å². The van der Waals surface area contributed by atoms with Crippen molar-refractivity contribution in [3.05, 3.63) is 42.2 Å². The molecular weight excluding hydrogens is 416 g/mol. The first-order valence-corrected chi connectivity index (χ1v) is 12.2. The van der Waals surface area contributed by atoms with Crippen LogP contribution in [-0.4, -0.2) is 91.7 Å². The van der Waals surface area contributed by atoms with Gasteiger partial charge in [0.05, 0.1) is 6.61 Å². The Morgan fingerprint density at radius 1 is 0.879 bits per heavy atom. The largest absolute Gasteiger partial charge is 0.494 e. The van der Waals surface area contributed by atoms with E-state index in [2.05, 4.69) is 44.7 Å². The molecule has 1 amide bonds. The highest BCUT2D eigenvalue weighted by atomic mass is 16.5. The third-order valence-corrected chi connectivity index (χ3v) is 6.47. The third kappa shape index (κ3) is 6.13. The second-order valence-corrected chi connectivity index (χ2v) is 8.88. The highest BCUT2D eigenvalue weighted by Crippen LogP contribution is 2.21. The Labute approximate surface area is 197 Å². The molecule has 0 saturated carbocycles. The summed E-state index contributed by atoms with van der Waals surface area (Å²) < 4.78 is 5.76. The lowest BCUT2D eigenvalue weighted by molar-refractivity contribution is 0.0746. The van der Waals surface area contributed by atoms with Crippen molar-refractivity contribution in [3.63, 3.8) is 0 Å². The predicted molar refractivity (Wildman–Crippen MR) is 131 cm³/mol. The molecule has 1 aromatic carbocycles. The van der Waals surface area contributed by atoms with Gasteiger partial charge in [0.25, 0.3) is 5.91 Å². The molecule has 4 rings (SSSR count). The summed E-state index contributed by atoms with van der Waals surface area (Å²) in [5.74, 6) is 2.83. The molecule has 0 N–H and O–H groups in total. The van der Waals surface area contributed by atoms with Crippen LogP contribution in [0.2, 0.25) is 0 Å². The van der Waals surface area contributed by atoms with E-state index in [4.69, 9.17) is 4.74 Å². The van der Waals surface area contributed by atoms with E-state index in [0.717, 1.165) is 69.7 Å². The first kappa shape index (κ1) is 23.3. The topological polar surface area (TPSA) is 65.0 Å². The monoisotopic (exact) mass is 452 g/mol. The van der Waals surface area contributed by atoms with Crippen molar-refractivity contribution in [1.82, 2.24) is 19.8 Å². The maximum absolute atomic E-state index is 13.0. The van der Waals surface area contributed by atoms with Crippen LogP contribution in [0.5, 0.6) is 5.75 Å². The molecule has 8 nitrogen and oxygen atoms in total. The van der Waals surface area contributed by atoms with E-state index in [1.807, 2.05) is 29.2 Å². The highest BCUT2D eigenvalue weighted by Gasteiger charge is 2.24. The average Bonchev–Trinajstić information content (AvgIpc) is 2.87. The molecule has 0 unspecified atom stereocenters. The maximum atomic E-state index is 13.0. The van der Waals surface area contributed by atoms with E-state index in [-0.39, 0.29) is 5.91 Å². The zero-order valence-corrected chi connectivity index (χ0v) is 19.9. The van der Waals surface area contributed by atoms with Gasteiger partial charge in [0.1, 0.15) is 23.7 Å². The van der Waals surface area contributed by atoms with Gasteiger partial charge in [0.15, 0.2) is 0 Å². The van der Waals surface area contributed by atoms with Crippen molar-refractivity contribution in [3.8, 4) is 5.75 Å². The van der Waals surface area contributed by atoms with Gasteiger partial charge in [-0.3, -0.25) is 4.79 Å². The Kier molecular flexibility index (Phi) is 7.99. The van der Waals surface area contributed by atoms with E-state index in [0.29, 0.717) is 18.7 Å². The minimum absolute atomic E-state index is 0.0768. The molecule has 0 radical (unpaired) electrons. The number of amides is 1.